The number of nitrogens with zero attached hydrogens (tertiary/aromatic N) is 2. The van der Waals surface area contributed by atoms with Gasteiger partial charge in [-0.1, -0.05) is 24.9 Å². The van der Waals surface area contributed by atoms with Crippen LogP contribution in [0.2, 0.25) is 5.02 Å². The van der Waals surface area contributed by atoms with Crippen LogP contribution in [0, 0.1) is 12.8 Å². The van der Waals surface area contributed by atoms with E-state index < -0.39 is 0 Å². The molecule has 2 nitrogen and oxygen atoms in total. The largest absolute Gasteiger partial charge is 0.323 e. The third kappa shape index (κ3) is 2.05. The van der Waals surface area contributed by atoms with Gasteiger partial charge in [-0.3, -0.25) is 0 Å². The molecule has 0 aliphatic heterocycles. The van der Waals surface area contributed by atoms with Crippen LogP contribution in [0.1, 0.15) is 43.6 Å². The number of alkyl halides is 1. The van der Waals surface area contributed by atoms with Gasteiger partial charge in [-0.15, -0.1) is 11.6 Å². The monoisotopic (exact) mass is 296 g/mol. The fourth-order valence-electron chi connectivity index (χ4n) is 3.34. The molecule has 4 heteroatoms. The molecule has 2 aromatic rings. The van der Waals surface area contributed by atoms with Crippen molar-refractivity contribution < 1.29 is 0 Å². The Labute approximate surface area is 123 Å². The standard InChI is InChI=1S/C15H18Cl2N2/c1-9-4-3-5-13(9)19-14(8-16)18-12-7-6-11(17)10(2)15(12)19/h6-7,9,13H,3-5,8H2,1-2H3. The number of benzene rings is 1. The minimum atomic E-state index is 0.453. The first-order chi connectivity index (χ1) is 9.13. The van der Waals surface area contributed by atoms with Crippen molar-refractivity contribution in [3.05, 3.63) is 28.5 Å². The fourth-order valence-corrected chi connectivity index (χ4v) is 3.68. The molecule has 0 amide bonds. The van der Waals surface area contributed by atoms with Crippen molar-refractivity contribution in [2.45, 2.75) is 45.0 Å². The van der Waals surface area contributed by atoms with Crippen molar-refractivity contribution in [2.24, 2.45) is 5.92 Å². The summed E-state index contributed by atoms with van der Waals surface area (Å²) in [5, 5.41) is 0.806. The predicted molar refractivity (Wildman–Crippen MR) is 81.1 cm³/mol. The molecule has 1 fully saturated rings. The van der Waals surface area contributed by atoms with Gasteiger partial charge in [0.25, 0.3) is 0 Å². The van der Waals surface area contributed by atoms with Crippen molar-refractivity contribution in [1.82, 2.24) is 9.55 Å². The number of aryl methyl sites for hydroxylation is 1. The first-order valence-electron chi connectivity index (χ1n) is 6.85. The van der Waals surface area contributed by atoms with Crippen LogP contribution in [0.5, 0.6) is 0 Å². The van der Waals surface area contributed by atoms with Crippen LogP contribution >= 0.6 is 23.2 Å². The van der Waals surface area contributed by atoms with Crippen molar-refractivity contribution >= 4 is 34.2 Å². The number of aromatic nitrogens is 2. The summed E-state index contributed by atoms with van der Waals surface area (Å²) in [6.45, 7) is 4.39. The predicted octanol–water partition coefficient (Wildman–Crippen LogP) is 5.10. The van der Waals surface area contributed by atoms with Crippen LogP contribution < -0.4 is 0 Å². The summed E-state index contributed by atoms with van der Waals surface area (Å²) in [4.78, 5) is 4.68. The van der Waals surface area contributed by atoms with Crippen LogP contribution in [0.3, 0.4) is 0 Å². The van der Waals surface area contributed by atoms with Crippen LogP contribution in [-0.4, -0.2) is 9.55 Å². The molecule has 0 radical (unpaired) electrons. The summed E-state index contributed by atoms with van der Waals surface area (Å²) in [6, 6.07) is 4.43. The van der Waals surface area contributed by atoms with Gasteiger partial charge in [-0.05, 0) is 43.4 Å². The van der Waals surface area contributed by atoms with Gasteiger partial charge in [0, 0.05) is 11.1 Å². The molecule has 1 aromatic carbocycles. The maximum absolute atomic E-state index is 6.28. The Morgan fingerprint density at radius 3 is 2.79 bits per heavy atom. The zero-order valence-electron chi connectivity index (χ0n) is 11.3. The second kappa shape index (κ2) is 4.99. The Bertz CT molecular complexity index is 618. The molecule has 1 aliphatic carbocycles. The lowest BCUT2D eigenvalue weighted by molar-refractivity contribution is 0.408. The number of hydrogen-bond acceptors (Lipinski definition) is 1. The highest BCUT2D eigenvalue weighted by atomic mass is 35.5. The van der Waals surface area contributed by atoms with E-state index in [1.54, 1.807) is 0 Å². The lowest BCUT2D eigenvalue weighted by Gasteiger charge is -2.21. The van der Waals surface area contributed by atoms with E-state index in [9.17, 15) is 0 Å². The van der Waals surface area contributed by atoms with E-state index in [0.717, 1.165) is 21.9 Å². The normalized spacial score (nSPS) is 23.4. The molecular weight excluding hydrogens is 279 g/mol. The molecule has 0 saturated heterocycles. The highest BCUT2D eigenvalue weighted by Gasteiger charge is 2.29. The molecule has 1 heterocycles. The molecule has 2 atom stereocenters. The van der Waals surface area contributed by atoms with Crippen molar-refractivity contribution in [2.75, 3.05) is 0 Å². The van der Waals surface area contributed by atoms with E-state index in [1.165, 1.54) is 24.8 Å². The molecule has 2 unspecified atom stereocenters. The second-order valence-electron chi connectivity index (χ2n) is 5.55. The zero-order valence-corrected chi connectivity index (χ0v) is 12.8. The van der Waals surface area contributed by atoms with E-state index in [-0.39, 0.29) is 0 Å². The molecule has 102 valence electrons. The summed E-state index contributed by atoms with van der Waals surface area (Å²) in [7, 11) is 0. The Morgan fingerprint density at radius 2 is 2.16 bits per heavy atom. The van der Waals surface area contributed by atoms with E-state index in [4.69, 9.17) is 23.2 Å². The molecule has 1 aliphatic rings. The van der Waals surface area contributed by atoms with Gasteiger partial charge in [-0.2, -0.15) is 0 Å². The van der Waals surface area contributed by atoms with Crippen LogP contribution in [0.15, 0.2) is 12.1 Å². The number of rotatable bonds is 2. The Hall–Kier alpha value is -0.730. The van der Waals surface area contributed by atoms with Gasteiger partial charge in [-0.25, -0.2) is 4.98 Å². The quantitative estimate of drug-likeness (QED) is 0.705. The molecular formula is C15H18Cl2N2. The van der Waals surface area contributed by atoms with Gasteiger partial charge in [0.2, 0.25) is 0 Å². The van der Waals surface area contributed by atoms with E-state index >= 15 is 0 Å². The van der Waals surface area contributed by atoms with Crippen LogP contribution in [-0.2, 0) is 5.88 Å². The number of halogens is 2. The highest BCUT2D eigenvalue weighted by Crippen LogP contribution is 2.40. The van der Waals surface area contributed by atoms with E-state index in [2.05, 4.69) is 23.4 Å². The SMILES string of the molecule is Cc1c(Cl)ccc2nc(CCl)n(C3CCCC3C)c12. The molecule has 3 rings (SSSR count). The average molecular weight is 297 g/mol. The first-order valence-corrected chi connectivity index (χ1v) is 7.76. The van der Waals surface area contributed by atoms with Gasteiger partial charge in [0.1, 0.15) is 5.82 Å². The number of hydrogen-bond donors (Lipinski definition) is 0. The fraction of sp³-hybridized carbons (Fsp3) is 0.533. The molecule has 0 spiro atoms. The van der Waals surface area contributed by atoms with Gasteiger partial charge in [0.05, 0.1) is 16.9 Å². The third-order valence-corrected chi connectivity index (χ3v) is 5.03. The molecule has 1 saturated carbocycles. The van der Waals surface area contributed by atoms with Crippen molar-refractivity contribution in [3.8, 4) is 0 Å². The topological polar surface area (TPSA) is 17.8 Å². The minimum Gasteiger partial charge on any atom is -0.323 e. The van der Waals surface area contributed by atoms with E-state index in [0.29, 0.717) is 17.8 Å². The summed E-state index contributed by atoms with van der Waals surface area (Å²) < 4.78 is 2.35. The molecule has 19 heavy (non-hydrogen) atoms. The second-order valence-corrected chi connectivity index (χ2v) is 6.22. The zero-order chi connectivity index (χ0) is 13.6. The van der Waals surface area contributed by atoms with Gasteiger partial charge < -0.3 is 4.57 Å². The van der Waals surface area contributed by atoms with Gasteiger partial charge in [0.15, 0.2) is 0 Å². The van der Waals surface area contributed by atoms with Crippen molar-refractivity contribution in [3.63, 3.8) is 0 Å². The summed E-state index contributed by atoms with van der Waals surface area (Å²) in [5.74, 6) is 2.10. The summed E-state index contributed by atoms with van der Waals surface area (Å²) in [6.07, 6.45) is 3.78. The number of imidazole rings is 1. The lowest BCUT2D eigenvalue weighted by atomic mass is 10.1. The average Bonchev–Trinajstić information content (AvgIpc) is 2.97. The Morgan fingerprint density at radius 1 is 1.37 bits per heavy atom. The third-order valence-electron chi connectivity index (χ3n) is 4.38. The molecule has 0 bridgehead atoms. The lowest BCUT2D eigenvalue weighted by Crippen LogP contribution is -2.14. The highest BCUT2D eigenvalue weighted by molar-refractivity contribution is 6.32. The Kier molecular flexibility index (Phi) is 3.48. The summed E-state index contributed by atoms with van der Waals surface area (Å²) in [5.41, 5.74) is 3.29. The maximum atomic E-state index is 6.28. The van der Waals surface area contributed by atoms with E-state index in [1.807, 2.05) is 12.1 Å². The minimum absolute atomic E-state index is 0.453. The first kappa shape index (κ1) is 13.3. The Balaban J connectivity index is 2.28. The van der Waals surface area contributed by atoms with Crippen LogP contribution in [0.4, 0.5) is 0 Å². The van der Waals surface area contributed by atoms with Crippen LogP contribution in [0.25, 0.3) is 11.0 Å². The number of fused-ring (bicyclic) bond motifs is 1. The van der Waals surface area contributed by atoms with Crippen molar-refractivity contribution in [1.29, 1.82) is 0 Å². The van der Waals surface area contributed by atoms with Gasteiger partial charge >= 0.3 is 0 Å². The molecule has 0 N–H and O–H groups in total. The maximum Gasteiger partial charge on any atom is 0.125 e. The molecule has 1 aromatic heterocycles. The smallest absolute Gasteiger partial charge is 0.125 e. The summed E-state index contributed by atoms with van der Waals surface area (Å²) >= 11 is 12.4.